The van der Waals surface area contributed by atoms with Gasteiger partial charge in [-0.15, -0.1) is 0 Å². The van der Waals surface area contributed by atoms with E-state index in [2.05, 4.69) is 15.8 Å². The van der Waals surface area contributed by atoms with Crippen LogP contribution < -0.4 is 10.9 Å². The number of hydrogen-bond donors (Lipinski definition) is 2. The highest BCUT2D eigenvalue weighted by Crippen LogP contribution is 2.30. The SMILES string of the molecule is O=C(COC(=O)c1c2c(nc3ccccc13)CCC2)NNC(=O)c1ccc([N+](=O)[O-])cc1. The van der Waals surface area contributed by atoms with Crippen LogP contribution in [0.25, 0.3) is 10.9 Å². The van der Waals surface area contributed by atoms with Crippen molar-refractivity contribution in [3.05, 3.63) is 81.0 Å². The van der Waals surface area contributed by atoms with E-state index in [1.807, 2.05) is 18.2 Å². The molecule has 1 aliphatic rings. The Hall–Kier alpha value is -4.34. The Morgan fingerprint density at radius 3 is 2.53 bits per heavy atom. The molecule has 0 saturated heterocycles. The van der Waals surface area contributed by atoms with Crippen LogP contribution in [0.1, 0.15) is 38.4 Å². The molecule has 3 aromatic rings. The minimum absolute atomic E-state index is 0.117. The summed E-state index contributed by atoms with van der Waals surface area (Å²) in [5, 5.41) is 11.3. The summed E-state index contributed by atoms with van der Waals surface area (Å²) in [6.07, 6.45) is 2.40. The first-order valence-electron chi connectivity index (χ1n) is 9.85. The normalized spacial score (nSPS) is 12.1. The number of non-ortho nitro benzene ring substituents is 1. The molecule has 0 aliphatic heterocycles. The van der Waals surface area contributed by atoms with Crippen molar-refractivity contribution in [3.63, 3.8) is 0 Å². The first-order chi connectivity index (χ1) is 15.4. The van der Waals surface area contributed by atoms with Crippen molar-refractivity contribution in [2.75, 3.05) is 6.61 Å². The van der Waals surface area contributed by atoms with E-state index in [0.717, 1.165) is 30.5 Å². The molecule has 1 aliphatic carbocycles. The summed E-state index contributed by atoms with van der Waals surface area (Å²) >= 11 is 0. The maximum atomic E-state index is 12.8. The maximum Gasteiger partial charge on any atom is 0.339 e. The Morgan fingerprint density at radius 2 is 1.78 bits per heavy atom. The number of ether oxygens (including phenoxy) is 1. The molecule has 10 nitrogen and oxygen atoms in total. The first kappa shape index (κ1) is 20.9. The number of carbonyl (C=O) groups excluding carboxylic acids is 3. The zero-order valence-electron chi connectivity index (χ0n) is 16.8. The van der Waals surface area contributed by atoms with Crippen LogP contribution in [0.3, 0.4) is 0 Å². The van der Waals surface area contributed by atoms with Crippen LogP contribution in [-0.2, 0) is 22.4 Å². The predicted octanol–water partition coefficient (Wildman–Crippen LogP) is 2.25. The van der Waals surface area contributed by atoms with Gasteiger partial charge >= 0.3 is 5.97 Å². The number of nitro benzene ring substituents is 1. The maximum absolute atomic E-state index is 12.8. The average Bonchev–Trinajstić information content (AvgIpc) is 3.27. The molecule has 1 aromatic heterocycles. The van der Waals surface area contributed by atoms with Gasteiger partial charge in [0.15, 0.2) is 6.61 Å². The van der Waals surface area contributed by atoms with Gasteiger partial charge in [0.05, 0.1) is 16.0 Å². The van der Waals surface area contributed by atoms with Gasteiger partial charge in [0, 0.05) is 28.8 Å². The number of hydrazine groups is 1. The van der Waals surface area contributed by atoms with Crippen molar-refractivity contribution in [2.24, 2.45) is 0 Å². The van der Waals surface area contributed by atoms with Gasteiger partial charge in [-0.05, 0) is 43.0 Å². The lowest BCUT2D eigenvalue weighted by molar-refractivity contribution is -0.384. The van der Waals surface area contributed by atoms with Crippen LogP contribution in [0.4, 0.5) is 5.69 Å². The van der Waals surface area contributed by atoms with Crippen molar-refractivity contribution >= 4 is 34.4 Å². The molecule has 2 N–H and O–H groups in total. The number of hydrogen-bond acceptors (Lipinski definition) is 7. The third-order valence-electron chi connectivity index (χ3n) is 5.11. The molecule has 32 heavy (non-hydrogen) atoms. The van der Waals surface area contributed by atoms with E-state index in [0.29, 0.717) is 16.5 Å². The first-order valence-corrected chi connectivity index (χ1v) is 9.85. The van der Waals surface area contributed by atoms with Gasteiger partial charge in [-0.3, -0.25) is 35.5 Å². The highest BCUT2D eigenvalue weighted by atomic mass is 16.6. The number of pyridine rings is 1. The number of fused-ring (bicyclic) bond motifs is 2. The van der Waals surface area contributed by atoms with Gasteiger partial charge in [0.25, 0.3) is 17.5 Å². The van der Waals surface area contributed by atoms with Crippen LogP contribution in [0.2, 0.25) is 0 Å². The van der Waals surface area contributed by atoms with E-state index in [1.165, 1.54) is 24.3 Å². The molecule has 0 radical (unpaired) electrons. The van der Waals surface area contributed by atoms with E-state index < -0.39 is 29.3 Å². The molecule has 1 heterocycles. The minimum atomic E-state index is -0.733. The van der Waals surface area contributed by atoms with Gasteiger partial charge in [0.2, 0.25) is 0 Å². The number of para-hydroxylation sites is 1. The molecule has 0 spiro atoms. The third-order valence-corrected chi connectivity index (χ3v) is 5.11. The van der Waals surface area contributed by atoms with Crippen molar-refractivity contribution in [1.82, 2.24) is 15.8 Å². The van der Waals surface area contributed by atoms with Crippen molar-refractivity contribution in [3.8, 4) is 0 Å². The topological polar surface area (TPSA) is 141 Å². The van der Waals surface area contributed by atoms with Crippen LogP contribution in [0.5, 0.6) is 0 Å². The Labute approximate surface area is 181 Å². The highest BCUT2D eigenvalue weighted by molar-refractivity contribution is 6.05. The number of benzene rings is 2. The van der Waals surface area contributed by atoms with Crippen molar-refractivity contribution in [2.45, 2.75) is 19.3 Å². The van der Waals surface area contributed by atoms with Crippen LogP contribution >= 0.6 is 0 Å². The van der Waals surface area contributed by atoms with Crippen LogP contribution in [0.15, 0.2) is 48.5 Å². The smallest absolute Gasteiger partial charge is 0.339 e. The predicted molar refractivity (Wildman–Crippen MR) is 113 cm³/mol. The number of nitro groups is 1. The fourth-order valence-corrected chi connectivity index (χ4v) is 3.62. The van der Waals surface area contributed by atoms with E-state index in [9.17, 15) is 24.5 Å². The lowest BCUT2D eigenvalue weighted by Gasteiger charge is -2.12. The Kier molecular flexibility index (Phi) is 5.75. The molecule has 0 saturated carbocycles. The second-order valence-corrected chi connectivity index (χ2v) is 7.17. The summed E-state index contributed by atoms with van der Waals surface area (Å²) in [7, 11) is 0. The number of aromatic nitrogens is 1. The number of carbonyl (C=O) groups is 3. The van der Waals surface area contributed by atoms with Gasteiger partial charge in [0.1, 0.15) is 0 Å². The Morgan fingerprint density at radius 1 is 1.03 bits per heavy atom. The zero-order chi connectivity index (χ0) is 22.7. The van der Waals surface area contributed by atoms with Crippen LogP contribution in [-0.4, -0.2) is 34.3 Å². The fourth-order valence-electron chi connectivity index (χ4n) is 3.62. The average molecular weight is 434 g/mol. The summed E-state index contributed by atoms with van der Waals surface area (Å²) in [6.45, 7) is -0.592. The number of aryl methyl sites for hydroxylation is 1. The minimum Gasteiger partial charge on any atom is -0.452 e. The summed E-state index contributed by atoms with van der Waals surface area (Å²) in [5.74, 6) is -2.03. The Bertz CT molecular complexity index is 1240. The lowest BCUT2D eigenvalue weighted by Crippen LogP contribution is -2.43. The molecular weight excluding hydrogens is 416 g/mol. The molecule has 2 amide bonds. The lowest BCUT2D eigenvalue weighted by atomic mass is 10.0. The largest absolute Gasteiger partial charge is 0.452 e. The molecule has 4 rings (SSSR count). The van der Waals surface area contributed by atoms with E-state index in [4.69, 9.17) is 4.74 Å². The van der Waals surface area contributed by atoms with Gasteiger partial charge in [-0.2, -0.15) is 0 Å². The van der Waals surface area contributed by atoms with Crippen molar-refractivity contribution in [1.29, 1.82) is 0 Å². The van der Waals surface area contributed by atoms with Gasteiger partial charge in [-0.25, -0.2) is 4.79 Å². The molecule has 2 aromatic carbocycles. The summed E-state index contributed by atoms with van der Waals surface area (Å²) in [5.41, 5.74) is 7.12. The third kappa shape index (κ3) is 4.24. The van der Waals surface area contributed by atoms with E-state index in [1.54, 1.807) is 6.07 Å². The van der Waals surface area contributed by atoms with Crippen molar-refractivity contribution < 1.29 is 24.0 Å². The number of amides is 2. The number of nitrogens with one attached hydrogen (secondary N) is 2. The molecule has 0 atom stereocenters. The number of nitrogens with zero attached hydrogens (tertiary/aromatic N) is 2. The monoisotopic (exact) mass is 434 g/mol. The summed E-state index contributed by atoms with van der Waals surface area (Å²) in [6, 6.07) is 12.1. The summed E-state index contributed by atoms with van der Waals surface area (Å²) < 4.78 is 5.20. The summed E-state index contributed by atoms with van der Waals surface area (Å²) in [4.78, 5) is 51.6. The second-order valence-electron chi connectivity index (χ2n) is 7.17. The second kappa shape index (κ2) is 8.80. The molecule has 162 valence electrons. The van der Waals surface area contributed by atoms with E-state index in [-0.39, 0.29) is 11.3 Å². The molecular formula is C22H18N4O6. The fraction of sp³-hybridized carbons (Fsp3) is 0.182. The molecule has 0 bridgehead atoms. The molecule has 0 fully saturated rings. The van der Waals surface area contributed by atoms with E-state index >= 15 is 0 Å². The molecule has 10 heteroatoms. The number of esters is 1. The van der Waals surface area contributed by atoms with Gasteiger partial charge in [-0.1, -0.05) is 18.2 Å². The quantitative estimate of drug-likeness (QED) is 0.356. The Balaban J connectivity index is 1.37. The zero-order valence-corrected chi connectivity index (χ0v) is 16.8. The van der Waals surface area contributed by atoms with Crippen LogP contribution in [0, 0.1) is 10.1 Å². The standard InChI is InChI=1S/C22H18N4O6/c27-19(24-25-21(28)13-8-10-14(11-9-13)26(30)31)12-32-22(29)20-15-4-1-2-6-17(15)23-18-7-3-5-16(18)20/h1-2,4,6,8-11H,3,5,7,12H2,(H,24,27)(H,25,28). The highest BCUT2D eigenvalue weighted by Gasteiger charge is 2.25. The molecule has 0 unspecified atom stereocenters. The van der Waals surface area contributed by atoms with Gasteiger partial charge < -0.3 is 4.74 Å². The number of rotatable bonds is 5.